The van der Waals surface area contributed by atoms with E-state index in [1.54, 1.807) is 19.2 Å². The normalized spacial score (nSPS) is 10.3. The van der Waals surface area contributed by atoms with Crippen LogP contribution in [0.1, 0.15) is 16.2 Å². The minimum Gasteiger partial charge on any atom is -0.482 e. The van der Waals surface area contributed by atoms with Gasteiger partial charge in [0.15, 0.2) is 12.4 Å². The summed E-state index contributed by atoms with van der Waals surface area (Å²) in [5.41, 5.74) is 5.93. The van der Waals surface area contributed by atoms with Crippen LogP contribution < -0.4 is 10.5 Å². The molecule has 1 aromatic carbocycles. The van der Waals surface area contributed by atoms with Gasteiger partial charge < -0.3 is 15.6 Å². The molecule has 3 N–H and O–H groups in total. The number of para-hydroxylation sites is 1. The van der Waals surface area contributed by atoms with E-state index in [-0.39, 0.29) is 23.6 Å². The van der Waals surface area contributed by atoms with Crippen molar-refractivity contribution in [2.75, 3.05) is 5.73 Å². The molecule has 0 aliphatic heterocycles. The standard InChI is InChI=1S/C10H11N5O3/c1-15-13-8(12-14-15)5-18-9-6(10(16)17)3-2-4-7(9)11/h2-4H,5,11H2,1H3,(H,16,17). The molecule has 0 unspecified atom stereocenters. The number of carboxylic acids is 1. The molecular weight excluding hydrogens is 238 g/mol. The van der Waals surface area contributed by atoms with Crippen LogP contribution >= 0.6 is 0 Å². The van der Waals surface area contributed by atoms with Crippen LogP contribution in [0, 0.1) is 0 Å². The van der Waals surface area contributed by atoms with E-state index in [2.05, 4.69) is 15.4 Å². The maximum atomic E-state index is 11.0. The van der Waals surface area contributed by atoms with E-state index >= 15 is 0 Å². The van der Waals surface area contributed by atoms with Gasteiger partial charge in [-0.3, -0.25) is 0 Å². The number of aromatic nitrogens is 4. The summed E-state index contributed by atoms with van der Waals surface area (Å²) in [7, 11) is 1.62. The third kappa shape index (κ3) is 2.37. The Morgan fingerprint density at radius 2 is 2.33 bits per heavy atom. The van der Waals surface area contributed by atoms with Crippen LogP contribution in [0.2, 0.25) is 0 Å². The molecule has 0 aliphatic rings. The molecule has 1 aromatic heterocycles. The van der Waals surface area contributed by atoms with Crippen LogP contribution in [0.4, 0.5) is 5.69 Å². The first kappa shape index (κ1) is 11.8. The van der Waals surface area contributed by atoms with Crippen molar-refractivity contribution < 1.29 is 14.6 Å². The third-order valence-corrected chi connectivity index (χ3v) is 2.17. The molecule has 8 nitrogen and oxygen atoms in total. The van der Waals surface area contributed by atoms with Gasteiger partial charge in [0.25, 0.3) is 0 Å². The molecule has 0 bridgehead atoms. The molecule has 2 aromatic rings. The van der Waals surface area contributed by atoms with Crippen molar-refractivity contribution in [3.63, 3.8) is 0 Å². The Balaban J connectivity index is 2.20. The van der Waals surface area contributed by atoms with Crippen molar-refractivity contribution in [3.05, 3.63) is 29.6 Å². The van der Waals surface area contributed by atoms with Crippen molar-refractivity contribution in [1.29, 1.82) is 0 Å². The van der Waals surface area contributed by atoms with E-state index in [0.717, 1.165) is 0 Å². The summed E-state index contributed by atoms with van der Waals surface area (Å²) in [4.78, 5) is 12.3. The van der Waals surface area contributed by atoms with Gasteiger partial charge in [-0.25, -0.2) is 4.79 Å². The second-order valence-corrected chi connectivity index (χ2v) is 3.51. The number of nitrogen functional groups attached to an aromatic ring is 1. The van der Waals surface area contributed by atoms with Crippen molar-refractivity contribution in [3.8, 4) is 5.75 Å². The summed E-state index contributed by atoms with van der Waals surface area (Å²) in [5, 5.41) is 20.3. The Hall–Kier alpha value is -2.64. The number of aromatic carboxylic acids is 1. The first-order valence-corrected chi connectivity index (χ1v) is 5.05. The second-order valence-electron chi connectivity index (χ2n) is 3.51. The molecule has 8 heteroatoms. The fourth-order valence-corrected chi connectivity index (χ4v) is 1.40. The molecule has 0 atom stereocenters. The molecule has 1 heterocycles. The van der Waals surface area contributed by atoms with Crippen LogP contribution in [0.25, 0.3) is 0 Å². The maximum absolute atomic E-state index is 11.0. The molecule has 0 aliphatic carbocycles. The average Bonchev–Trinajstić information content (AvgIpc) is 2.73. The molecule has 0 radical (unpaired) electrons. The molecule has 2 rings (SSSR count). The summed E-state index contributed by atoms with van der Waals surface area (Å²) in [6.45, 7) is 0.00231. The quantitative estimate of drug-likeness (QED) is 0.736. The van der Waals surface area contributed by atoms with E-state index < -0.39 is 5.97 Å². The van der Waals surface area contributed by atoms with Gasteiger partial charge in [-0.1, -0.05) is 6.07 Å². The summed E-state index contributed by atoms with van der Waals surface area (Å²) in [6.07, 6.45) is 0. The first-order valence-electron chi connectivity index (χ1n) is 5.05. The summed E-state index contributed by atoms with van der Waals surface area (Å²) in [6, 6.07) is 4.52. The van der Waals surface area contributed by atoms with E-state index in [4.69, 9.17) is 15.6 Å². The van der Waals surface area contributed by atoms with Crippen LogP contribution in [0.3, 0.4) is 0 Å². The monoisotopic (exact) mass is 249 g/mol. The number of carbonyl (C=O) groups is 1. The van der Waals surface area contributed by atoms with Gasteiger partial charge in [-0.15, -0.1) is 10.2 Å². The fourth-order valence-electron chi connectivity index (χ4n) is 1.40. The Kier molecular flexibility index (Phi) is 3.09. The third-order valence-electron chi connectivity index (χ3n) is 2.17. The molecule has 0 saturated carbocycles. The highest BCUT2D eigenvalue weighted by Crippen LogP contribution is 2.26. The molecule has 18 heavy (non-hydrogen) atoms. The van der Waals surface area contributed by atoms with E-state index in [1.165, 1.54) is 10.9 Å². The van der Waals surface area contributed by atoms with Crippen molar-refractivity contribution in [2.45, 2.75) is 6.61 Å². The lowest BCUT2D eigenvalue weighted by molar-refractivity contribution is 0.0691. The van der Waals surface area contributed by atoms with Gasteiger partial charge in [0.05, 0.1) is 12.7 Å². The summed E-state index contributed by atoms with van der Waals surface area (Å²) in [5.74, 6) is -0.654. The van der Waals surface area contributed by atoms with E-state index in [1.807, 2.05) is 0 Å². The van der Waals surface area contributed by atoms with Gasteiger partial charge in [0, 0.05) is 0 Å². The molecular formula is C10H11N5O3. The smallest absolute Gasteiger partial charge is 0.339 e. The lowest BCUT2D eigenvalue weighted by atomic mass is 10.2. The number of carboxylic acid groups (broad SMARTS) is 1. The highest BCUT2D eigenvalue weighted by atomic mass is 16.5. The summed E-state index contributed by atoms with van der Waals surface area (Å²) >= 11 is 0. The second kappa shape index (κ2) is 4.70. The molecule has 0 saturated heterocycles. The SMILES string of the molecule is Cn1nnc(COc2c(N)cccc2C(=O)O)n1. The predicted octanol–water partition coefficient (Wildman–Crippen LogP) is 0.0695. The Bertz CT molecular complexity index is 581. The number of nitrogens with two attached hydrogens (primary N) is 1. The lowest BCUT2D eigenvalue weighted by Gasteiger charge is -2.09. The van der Waals surface area contributed by atoms with Crippen LogP contribution in [0.15, 0.2) is 18.2 Å². The number of benzene rings is 1. The maximum Gasteiger partial charge on any atom is 0.339 e. The number of anilines is 1. The van der Waals surface area contributed by atoms with Gasteiger partial charge in [-0.05, 0) is 17.3 Å². The minimum absolute atomic E-state index is 0.00103. The Morgan fingerprint density at radius 3 is 2.94 bits per heavy atom. The fraction of sp³-hybridized carbons (Fsp3) is 0.200. The zero-order valence-electron chi connectivity index (χ0n) is 9.57. The number of nitrogens with zero attached hydrogens (tertiary/aromatic N) is 4. The molecule has 0 spiro atoms. The van der Waals surface area contributed by atoms with Crippen LogP contribution in [-0.2, 0) is 13.7 Å². The van der Waals surface area contributed by atoms with Crippen molar-refractivity contribution in [1.82, 2.24) is 20.2 Å². The van der Waals surface area contributed by atoms with Gasteiger partial charge in [-0.2, -0.15) is 4.80 Å². The lowest BCUT2D eigenvalue weighted by Crippen LogP contribution is -2.07. The number of hydrogen-bond donors (Lipinski definition) is 2. The zero-order valence-corrected chi connectivity index (χ0v) is 9.57. The number of hydrogen-bond acceptors (Lipinski definition) is 6. The Morgan fingerprint density at radius 1 is 1.56 bits per heavy atom. The predicted molar refractivity (Wildman–Crippen MR) is 60.9 cm³/mol. The average molecular weight is 249 g/mol. The number of aryl methyl sites for hydroxylation is 1. The van der Waals surface area contributed by atoms with Crippen LogP contribution in [0.5, 0.6) is 5.75 Å². The topological polar surface area (TPSA) is 116 Å². The largest absolute Gasteiger partial charge is 0.482 e. The minimum atomic E-state index is -1.11. The van der Waals surface area contributed by atoms with E-state index in [0.29, 0.717) is 5.82 Å². The van der Waals surface area contributed by atoms with Gasteiger partial charge in [0.2, 0.25) is 5.82 Å². The first-order chi connectivity index (χ1) is 8.58. The molecule has 0 amide bonds. The molecule has 0 fully saturated rings. The van der Waals surface area contributed by atoms with Gasteiger partial charge in [0.1, 0.15) is 5.56 Å². The highest BCUT2D eigenvalue weighted by Gasteiger charge is 2.14. The Labute approximate surface area is 102 Å². The molecule has 94 valence electrons. The van der Waals surface area contributed by atoms with Gasteiger partial charge >= 0.3 is 5.97 Å². The summed E-state index contributed by atoms with van der Waals surface area (Å²) < 4.78 is 5.34. The number of rotatable bonds is 4. The van der Waals surface area contributed by atoms with Crippen molar-refractivity contribution in [2.24, 2.45) is 7.05 Å². The van der Waals surface area contributed by atoms with Crippen LogP contribution in [-0.4, -0.2) is 31.3 Å². The highest BCUT2D eigenvalue weighted by molar-refractivity contribution is 5.93. The number of tetrazole rings is 1. The number of ether oxygens (including phenoxy) is 1. The van der Waals surface area contributed by atoms with Crippen molar-refractivity contribution >= 4 is 11.7 Å². The zero-order chi connectivity index (χ0) is 13.1. The van der Waals surface area contributed by atoms with E-state index in [9.17, 15) is 4.79 Å².